The Balaban J connectivity index is 1.20. The summed E-state index contributed by atoms with van der Waals surface area (Å²) in [5, 5.41) is 3.52. The lowest BCUT2D eigenvalue weighted by Gasteiger charge is -2.36. The van der Waals surface area contributed by atoms with Crippen LogP contribution in [0.2, 0.25) is 0 Å². The number of nitrogens with one attached hydrogen (secondary N) is 1. The van der Waals surface area contributed by atoms with Crippen molar-refractivity contribution in [1.82, 2.24) is 19.8 Å². The van der Waals surface area contributed by atoms with Crippen LogP contribution in [0.4, 0.5) is 5.69 Å². The minimum atomic E-state index is -0.129. The van der Waals surface area contributed by atoms with Crippen LogP contribution in [-0.4, -0.2) is 59.6 Å². The first-order chi connectivity index (χ1) is 15.1. The van der Waals surface area contributed by atoms with Gasteiger partial charge in [-0.15, -0.1) is 0 Å². The maximum atomic E-state index is 12.6. The molecule has 7 nitrogen and oxygen atoms in total. The van der Waals surface area contributed by atoms with E-state index in [-0.39, 0.29) is 17.9 Å². The lowest BCUT2D eigenvalue weighted by Crippen LogP contribution is -2.48. The molecule has 1 saturated heterocycles. The number of para-hydroxylation sites is 1. The first kappa shape index (κ1) is 21.5. The number of aromatic nitrogens is 2. The summed E-state index contributed by atoms with van der Waals surface area (Å²) in [7, 11) is 0. The monoisotopic (exact) mass is 483 g/mol. The van der Waals surface area contributed by atoms with E-state index in [1.54, 1.807) is 12.1 Å². The van der Waals surface area contributed by atoms with Gasteiger partial charge in [-0.2, -0.15) is 0 Å². The molecule has 0 atom stereocenters. The second-order valence-electron chi connectivity index (χ2n) is 7.67. The number of hydrogen-bond acceptors (Lipinski definition) is 5. The summed E-state index contributed by atoms with van der Waals surface area (Å²) >= 11 is 3.38. The topological polar surface area (TPSA) is 70.5 Å². The highest BCUT2D eigenvalue weighted by Crippen LogP contribution is 2.16. The van der Waals surface area contributed by atoms with Gasteiger partial charge in [0.15, 0.2) is 0 Å². The molecular formula is C23H26BrN5O2. The number of piperazine rings is 1. The molecule has 8 heteroatoms. The molecule has 4 rings (SSSR count). The van der Waals surface area contributed by atoms with Crippen molar-refractivity contribution in [1.29, 1.82) is 0 Å². The fraction of sp³-hybridized carbons (Fsp3) is 0.348. The van der Waals surface area contributed by atoms with E-state index in [0.717, 1.165) is 37.2 Å². The van der Waals surface area contributed by atoms with Crippen LogP contribution in [0.1, 0.15) is 6.42 Å². The van der Waals surface area contributed by atoms with E-state index in [1.807, 2.05) is 12.1 Å². The SMILES string of the molecule is O=C(CCn1cnc2ccc(Br)cc2c1=O)NCCN1CCN(c2ccccc2)CC1. The van der Waals surface area contributed by atoms with Crippen LogP contribution < -0.4 is 15.8 Å². The van der Waals surface area contributed by atoms with E-state index >= 15 is 0 Å². The lowest BCUT2D eigenvalue weighted by atomic mass is 10.2. The highest BCUT2D eigenvalue weighted by Gasteiger charge is 2.16. The van der Waals surface area contributed by atoms with Gasteiger partial charge in [-0.1, -0.05) is 34.1 Å². The predicted molar refractivity (Wildman–Crippen MR) is 126 cm³/mol. The number of benzene rings is 2. The van der Waals surface area contributed by atoms with Gasteiger partial charge in [-0.3, -0.25) is 19.1 Å². The fourth-order valence-corrected chi connectivity index (χ4v) is 4.18. The van der Waals surface area contributed by atoms with Gasteiger partial charge in [0.05, 0.1) is 17.2 Å². The third kappa shape index (κ3) is 5.51. The molecule has 3 aromatic rings. The number of fused-ring (bicyclic) bond motifs is 1. The minimum absolute atomic E-state index is 0.0517. The van der Waals surface area contributed by atoms with Gasteiger partial charge in [0, 0.05) is 62.4 Å². The van der Waals surface area contributed by atoms with Gasteiger partial charge >= 0.3 is 0 Å². The Labute approximate surface area is 189 Å². The van der Waals surface area contributed by atoms with Gasteiger partial charge in [0.25, 0.3) is 5.56 Å². The normalized spacial score (nSPS) is 14.7. The maximum Gasteiger partial charge on any atom is 0.261 e. The molecule has 1 fully saturated rings. The van der Waals surface area contributed by atoms with Crippen LogP contribution in [0.3, 0.4) is 0 Å². The van der Waals surface area contributed by atoms with Crippen LogP contribution in [0.25, 0.3) is 10.9 Å². The van der Waals surface area contributed by atoms with Crippen molar-refractivity contribution in [2.45, 2.75) is 13.0 Å². The zero-order valence-corrected chi connectivity index (χ0v) is 18.9. The molecule has 1 aromatic heterocycles. The van der Waals surface area contributed by atoms with Crippen molar-refractivity contribution < 1.29 is 4.79 Å². The molecule has 2 aromatic carbocycles. The number of carbonyl (C=O) groups excluding carboxylic acids is 1. The number of hydrogen-bond donors (Lipinski definition) is 1. The summed E-state index contributed by atoms with van der Waals surface area (Å²) < 4.78 is 2.33. The van der Waals surface area contributed by atoms with Crippen LogP contribution >= 0.6 is 15.9 Å². The number of halogens is 1. The Hall–Kier alpha value is -2.71. The summed E-state index contributed by atoms with van der Waals surface area (Å²) in [6.07, 6.45) is 1.76. The Morgan fingerprint density at radius 1 is 1.03 bits per heavy atom. The maximum absolute atomic E-state index is 12.6. The van der Waals surface area contributed by atoms with Crippen molar-refractivity contribution >= 4 is 38.4 Å². The molecule has 1 N–H and O–H groups in total. The van der Waals surface area contributed by atoms with Crippen molar-refractivity contribution in [3.05, 3.63) is 69.7 Å². The summed E-state index contributed by atoms with van der Waals surface area (Å²) in [5.74, 6) is -0.0517. The van der Waals surface area contributed by atoms with E-state index in [9.17, 15) is 9.59 Å². The quantitative estimate of drug-likeness (QED) is 0.558. The zero-order chi connectivity index (χ0) is 21.6. The average Bonchev–Trinajstić information content (AvgIpc) is 2.80. The Morgan fingerprint density at radius 2 is 1.81 bits per heavy atom. The van der Waals surface area contributed by atoms with Gasteiger partial charge in [-0.25, -0.2) is 4.98 Å². The smallest absolute Gasteiger partial charge is 0.261 e. The molecule has 31 heavy (non-hydrogen) atoms. The number of rotatable bonds is 7. The summed E-state index contributed by atoms with van der Waals surface area (Å²) in [6.45, 7) is 5.71. The molecule has 0 saturated carbocycles. The van der Waals surface area contributed by atoms with Gasteiger partial charge in [0.1, 0.15) is 0 Å². The second kappa shape index (κ2) is 10.1. The van der Waals surface area contributed by atoms with Gasteiger partial charge in [0.2, 0.25) is 5.91 Å². The van der Waals surface area contributed by atoms with Gasteiger partial charge < -0.3 is 10.2 Å². The number of amides is 1. The van der Waals surface area contributed by atoms with Crippen molar-refractivity contribution in [2.24, 2.45) is 0 Å². The molecule has 0 bridgehead atoms. The van der Waals surface area contributed by atoms with E-state index in [0.29, 0.717) is 24.0 Å². The molecule has 1 aliphatic rings. The highest BCUT2D eigenvalue weighted by molar-refractivity contribution is 9.10. The molecule has 1 amide bonds. The van der Waals surface area contributed by atoms with Crippen molar-refractivity contribution in [2.75, 3.05) is 44.2 Å². The first-order valence-electron chi connectivity index (χ1n) is 10.5. The van der Waals surface area contributed by atoms with Crippen LogP contribution in [0.5, 0.6) is 0 Å². The zero-order valence-electron chi connectivity index (χ0n) is 17.3. The standard InChI is InChI=1S/C23H26BrN5O2/c24-18-6-7-21-20(16-18)23(31)29(17-26-21)10-8-22(30)25-9-11-27-12-14-28(15-13-27)19-4-2-1-3-5-19/h1-7,16-17H,8-15H2,(H,25,30). The Kier molecular flexibility index (Phi) is 6.99. The third-order valence-corrected chi connectivity index (χ3v) is 6.10. The number of aryl methyl sites for hydroxylation is 1. The van der Waals surface area contributed by atoms with E-state index in [4.69, 9.17) is 0 Å². The predicted octanol–water partition coefficient (Wildman–Crippen LogP) is 2.49. The molecular weight excluding hydrogens is 458 g/mol. The van der Waals surface area contributed by atoms with Gasteiger partial charge in [-0.05, 0) is 30.3 Å². The third-order valence-electron chi connectivity index (χ3n) is 5.61. The van der Waals surface area contributed by atoms with E-state index in [1.165, 1.54) is 16.6 Å². The Morgan fingerprint density at radius 3 is 2.58 bits per heavy atom. The summed E-state index contributed by atoms with van der Waals surface area (Å²) in [4.78, 5) is 33.9. The number of carbonyl (C=O) groups is 1. The van der Waals surface area contributed by atoms with Crippen LogP contribution in [-0.2, 0) is 11.3 Å². The van der Waals surface area contributed by atoms with Crippen LogP contribution in [0, 0.1) is 0 Å². The average molecular weight is 484 g/mol. The highest BCUT2D eigenvalue weighted by atomic mass is 79.9. The molecule has 0 spiro atoms. The van der Waals surface area contributed by atoms with E-state index < -0.39 is 0 Å². The minimum Gasteiger partial charge on any atom is -0.369 e. The van der Waals surface area contributed by atoms with Crippen molar-refractivity contribution in [3.63, 3.8) is 0 Å². The van der Waals surface area contributed by atoms with E-state index in [2.05, 4.69) is 60.3 Å². The first-order valence-corrected chi connectivity index (χ1v) is 11.3. The van der Waals surface area contributed by atoms with Crippen molar-refractivity contribution in [3.8, 4) is 0 Å². The van der Waals surface area contributed by atoms with Crippen LogP contribution in [0.15, 0.2) is 64.1 Å². The largest absolute Gasteiger partial charge is 0.369 e. The fourth-order valence-electron chi connectivity index (χ4n) is 3.82. The molecule has 1 aliphatic heterocycles. The second-order valence-corrected chi connectivity index (χ2v) is 8.58. The number of anilines is 1. The molecule has 0 aliphatic carbocycles. The molecule has 0 radical (unpaired) electrons. The molecule has 162 valence electrons. The lowest BCUT2D eigenvalue weighted by molar-refractivity contribution is -0.121. The molecule has 2 heterocycles. The summed E-state index contributed by atoms with van der Waals surface area (Å²) in [6, 6.07) is 15.9. The Bertz CT molecular complexity index is 1090. The molecule has 0 unspecified atom stereocenters. The summed E-state index contributed by atoms with van der Waals surface area (Å²) in [5.41, 5.74) is 1.79. The number of nitrogens with zero attached hydrogens (tertiary/aromatic N) is 4.